The van der Waals surface area contributed by atoms with E-state index in [1.165, 1.54) is 6.07 Å². The molecule has 0 spiro atoms. The minimum atomic E-state index is -3.65. The maximum atomic E-state index is 11.2. The van der Waals surface area contributed by atoms with Crippen molar-refractivity contribution in [2.75, 3.05) is 0 Å². The number of aryl methyl sites for hydroxylation is 1. The number of nitrogens with one attached hydrogen (secondary N) is 1. The topological polar surface area (TPSA) is 72.2 Å². The van der Waals surface area contributed by atoms with Gasteiger partial charge in [0.2, 0.25) is 0 Å². The number of hydrogen-bond acceptors (Lipinski definition) is 3. The molecule has 0 aliphatic carbocycles. The number of rotatable bonds is 2. The van der Waals surface area contributed by atoms with Crippen LogP contribution in [0.3, 0.4) is 0 Å². The summed E-state index contributed by atoms with van der Waals surface area (Å²) < 4.78 is 22.4. The van der Waals surface area contributed by atoms with Crippen LogP contribution in [0.4, 0.5) is 0 Å². The van der Waals surface area contributed by atoms with E-state index in [0.29, 0.717) is 0 Å². The van der Waals surface area contributed by atoms with E-state index in [0.717, 1.165) is 5.56 Å². The molecule has 4 nitrogen and oxygen atoms in total. The summed E-state index contributed by atoms with van der Waals surface area (Å²) in [4.78, 5) is 1.69. The monoisotopic (exact) mass is 220 g/mol. The molecule has 0 bridgehead atoms. The Kier molecular flexibility index (Phi) is 2.92. The van der Waals surface area contributed by atoms with Crippen LogP contribution < -0.4 is 10.7 Å². The van der Waals surface area contributed by atoms with Crippen LogP contribution in [0.25, 0.3) is 0 Å². The first-order chi connectivity index (χ1) is 5.97. The normalized spacial score (nSPS) is 11.6. The van der Waals surface area contributed by atoms with Crippen molar-refractivity contribution in [3.63, 3.8) is 0 Å². The van der Waals surface area contributed by atoms with Gasteiger partial charge >= 0.3 is 0 Å². The molecule has 0 amide bonds. The molecule has 0 saturated carbocycles. The standard InChI is InChI=1S/C7H9ClN2O2S/c1-5-2-3-7(6(8)4-5)13(11,12)10-9/h2-4,10H,9H2,1H3. The summed E-state index contributed by atoms with van der Waals surface area (Å²) in [6.07, 6.45) is 0. The fraction of sp³-hybridized carbons (Fsp3) is 0.143. The Hall–Kier alpha value is -0.620. The van der Waals surface area contributed by atoms with Crippen molar-refractivity contribution >= 4 is 21.6 Å². The predicted molar refractivity (Wildman–Crippen MR) is 50.7 cm³/mol. The first kappa shape index (κ1) is 10.5. The minimum absolute atomic E-state index is 0.0118. The lowest BCUT2D eigenvalue weighted by Crippen LogP contribution is -2.30. The second-order valence-corrected chi connectivity index (χ2v) is 4.64. The number of sulfonamides is 1. The summed E-state index contributed by atoms with van der Waals surface area (Å²) in [5, 5.41) is 0.165. The maximum Gasteiger partial charge on any atom is 0.254 e. The van der Waals surface area contributed by atoms with Gasteiger partial charge in [-0.2, -0.15) is 4.83 Å². The highest BCUT2D eigenvalue weighted by molar-refractivity contribution is 7.89. The van der Waals surface area contributed by atoms with Gasteiger partial charge in [0.25, 0.3) is 10.0 Å². The lowest BCUT2D eigenvalue weighted by Gasteiger charge is -2.04. The van der Waals surface area contributed by atoms with Crippen molar-refractivity contribution in [2.24, 2.45) is 5.84 Å². The van der Waals surface area contributed by atoms with Gasteiger partial charge in [0.05, 0.1) is 5.02 Å². The minimum Gasteiger partial charge on any atom is -0.257 e. The van der Waals surface area contributed by atoms with E-state index in [4.69, 9.17) is 17.4 Å². The molecule has 72 valence electrons. The molecule has 1 aromatic carbocycles. The Balaban J connectivity index is 3.33. The van der Waals surface area contributed by atoms with Gasteiger partial charge in [0.1, 0.15) is 4.90 Å². The van der Waals surface area contributed by atoms with Crippen LogP contribution >= 0.6 is 11.6 Å². The third-order valence-electron chi connectivity index (χ3n) is 1.53. The molecule has 0 saturated heterocycles. The molecule has 0 heterocycles. The quantitative estimate of drug-likeness (QED) is 0.572. The third-order valence-corrected chi connectivity index (χ3v) is 3.20. The second kappa shape index (κ2) is 3.63. The van der Waals surface area contributed by atoms with E-state index in [-0.39, 0.29) is 9.92 Å². The SMILES string of the molecule is Cc1ccc(S(=O)(=O)NN)c(Cl)c1. The zero-order valence-corrected chi connectivity index (χ0v) is 8.48. The summed E-state index contributed by atoms with van der Waals surface area (Å²) in [7, 11) is -3.65. The number of nitrogens with two attached hydrogens (primary N) is 1. The van der Waals surface area contributed by atoms with Crippen molar-refractivity contribution in [1.82, 2.24) is 4.83 Å². The molecule has 1 rings (SSSR count). The van der Waals surface area contributed by atoms with Crippen LogP contribution in [0.2, 0.25) is 5.02 Å². The molecular weight excluding hydrogens is 212 g/mol. The molecule has 3 N–H and O–H groups in total. The van der Waals surface area contributed by atoms with E-state index >= 15 is 0 Å². The van der Waals surface area contributed by atoms with E-state index in [9.17, 15) is 8.42 Å². The Morgan fingerprint density at radius 1 is 1.46 bits per heavy atom. The maximum absolute atomic E-state index is 11.2. The third kappa shape index (κ3) is 2.19. The van der Waals surface area contributed by atoms with Crippen molar-refractivity contribution in [3.05, 3.63) is 28.8 Å². The molecule has 0 atom stereocenters. The van der Waals surface area contributed by atoms with E-state index in [1.54, 1.807) is 17.0 Å². The van der Waals surface area contributed by atoms with Crippen LogP contribution in [0.1, 0.15) is 5.56 Å². The summed E-state index contributed by atoms with van der Waals surface area (Å²) in [6, 6.07) is 4.62. The summed E-state index contributed by atoms with van der Waals surface area (Å²) in [5.74, 6) is 4.85. The zero-order chi connectivity index (χ0) is 10.1. The van der Waals surface area contributed by atoms with Crippen molar-refractivity contribution < 1.29 is 8.42 Å². The number of benzene rings is 1. The molecule has 0 aliphatic heterocycles. The van der Waals surface area contributed by atoms with Gasteiger partial charge < -0.3 is 0 Å². The average molecular weight is 221 g/mol. The zero-order valence-electron chi connectivity index (χ0n) is 6.91. The van der Waals surface area contributed by atoms with Gasteiger partial charge in [0, 0.05) is 0 Å². The van der Waals surface area contributed by atoms with Gasteiger partial charge in [-0.15, -0.1) is 0 Å². The lowest BCUT2D eigenvalue weighted by molar-refractivity contribution is 0.584. The molecule has 0 aliphatic rings. The molecule has 0 aromatic heterocycles. The van der Waals surface area contributed by atoms with Crippen molar-refractivity contribution in [3.8, 4) is 0 Å². The van der Waals surface area contributed by atoms with Crippen LogP contribution in [0.5, 0.6) is 0 Å². The second-order valence-electron chi connectivity index (χ2n) is 2.56. The first-order valence-electron chi connectivity index (χ1n) is 3.46. The summed E-state index contributed by atoms with van der Waals surface area (Å²) in [5.41, 5.74) is 0.890. The van der Waals surface area contributed by atoms with Crippen LogP contribution in [-0.2, 0) is 10.0 Å². The predicted octanol–water partition coefficient (Wildman–Crippen LogP) is 0.800. The van der Waals surface area contributed by atoms with Gasteiger partial charge in [-0.25, -0.2) is 8.42 Å². The van der Waals surface area contributed by atoms with Crippen LogP contribution in [0.15, 0.2) is 23.1 Å². The Labute approximate surface area is 81.7 Å². The fourth-order valence-electron chi connectivity index (χ4n) is 0.887. The van der Waals surface area contributed by atoms with Crippen molar-refractivity contribution in [2.45, 2.75) is 11.8 Å². The van der Waals surface area contributed by atoms with Gasteiger partial charge in [0.15, 0.2) is 0 Å². The Bertz CT molecular complexity index is 417. The Morgan fingerprint density at radius 3 is 2.54 bits per heavy atom. The fourth-order valence-corrected chi connectivity index (χ4v) is 2.12. The number of hydrogen-bond donors (Lipinski definition) is 2. The van der Waals surface area contributed by atoms with Gasteiger partial charge in [-0.3, -0.25) is 5.84 Å². The molecule has 0 unspecified atom stereocenters. The van der Waals surface area contributed by atoms with Crippen LogP contribution in [0, 0.1) is 6.92 Å². The number of halogens is 1. The largest absolute Gasteiger partial charge is 0.257 e. The first-order valence-corrected chi connectivity index (χ1v) is 5.32. The highest BCUT2D eigenvalue weighted by Gasteiger charge is 2.15. The van der Waals surface area contributed by atoms with E-state index < -0.39 is 10.0 Å². The number of hydrazine groups is 1. The van der Waals surface area contributed by atoms with E-state index in [1.807, 2.05) is 6.92 Å². The average Bonchev–Trinajstić information content (AvgIpc) is 2.03. The lowest BCUT2D eigenvalue weighted by atomic mass is 10.2. The highest BCUT2D eigenvalue weighted by atomic mass is 35.5. The Morgan fingerprint density at radius 2 is 2.08 bits per heavy atom. The smallest absolute Gasteiger partial charge is 0.254 e. The molecule has 13 heavy (non-hydrogen) atoms. The highest BCUT2D eigenvalue weighted by Crippen LogP contribution is 2.21. The molecule has 0 fully saturated rings. The molecule has 1 aromatic rings. The van der Waals surface area contributed by atoms with Crippen molar-refractivity contribution in [1.29, 1.82) is 0 Å². The molecular formula is C7H9ClN2O2S. The van der Waals surface area contributed by atoms with Gasteiger partial charge in [-0.05, 0) is 24.6 Å². The van der Waals surface area contributed by atoms with Gasteiger partial charge in [-0.1, -0.05) is 17.7 Å². The van der Waals surface area contributed by atoms with E-state index in [2.05, 4.69) is 0 Å². The summed E-state index contributed by atoms with van der Waals surface area (Å²) in [6.45, 7) is 1.82. The molecule has 6 heteroatoms. The van der Waals surface area contributed by atoms with Crippen LogP contribution in [-0.4, -0.2) is 8.42 Å². The molecule has 0 radical (unpaired) electrons. The summed E-state index contributed by atoms with van der Waals surface area (Å²) >= 11 is 5.72.